The number of imidazole rings is 1. The summed E-state index contributed by atoms with van der Waals surface area (Å²) >= 11 is 0. The first-order chi connectivity index (χ1) is 7.81. The van der Waals surface area contributed by atoms with E-state index in [2.05, 4.69) is 21.8 Å². The molecular weight excluding hydrogens is 202 g/mol. The van der Waals surface area contributed by atoms with Crippen LogP contribution in [0.4, 0.5) is 0 Å². The topological polar surface area (TPSA) is 68.0 Å². The third-order valence-corrected chi connectivity index (χ3v) is 2.06. The van der Waals surface area contributed by atoms with Gasteiger partial charge in [-0.2, -0.15) is 10.2 Å². The van der Waals surface area contributed by atoms with Crippen molar-refractivity contribution in [2.24, 2.45) is 16.0 Å². The van der Waals surface area contributed by atoms with E-state index in [1.54, 1.807) is 6.20 Å². The van der Waals surface area contributed by atoms with E-state index < -0.39 is 0 Å². The first-order valence-electron chi connectivity index (χ1n) is 4.71. The van der Waals surface area contributed by atoms with Crippen LogP contribution in [0.15, 0.2) is 59.9 Å². The van der Waals surface area contributed by atoms with Crippen molar-refractivity contribution in [1.29, 1.82) is 0 Å². The summed E-state index contributed by atoms with van der Waals surface area (Å²) in [5.74, 6) is 0. The molecule has 2 N–H and O–H groups in total. The lowest BCUT2D eigenvalue weighted by Crippen LogP contribution is -1.85. The zero-order chi connectivity index (χ0) is 11.4. The summed E-state index contributed by atoms with van der Waals surface area (Å²) in [5.41, 5.74) is 7.44. The van der Waals surface area contributed by atoms with E-state index in [0.29, 0.717) is 5.70 Å². The van der Waals surface area contributed by atoms with Gasteiger partial charge in [0.2, 0.25) is 0 Å². The van der Waals surface area contributed by atoms with Gasteiger partial charge < -0.3 is 10.1 Å². The zero-order valence-electron chi connectivity index (χ0n) is 8.61. The number of nitrogens with two attached hydrogens (primary N) is 1. The molecule has 16 heavy (non-hydrogen) atoms. The van der Waals surface area contributed by atoms with Crippen LogP contribution in [0.25, 0.3) is 11.3 Å². The van der Waals surface area contributed by atoms with Crippen molar-refractivity contribution < 1.29 is 0 Å². The van der Waals surface area contributed by atoms with Crippen LogP contribution in [0.2, 0.25) is 0 Å². The SMILES string of the molecule is C=C(/N=N\C=C/N)c1ccn2ccnc2c1. The van der Waals surface area contributed by atoms with E-state index in [1.807, 2.05) is 28.9 Å². The van der Waals surface area contributed by atoms with Crippen molar-refractivity contribution in [2.75, 3.05) is 0 Å². The van der Waals surface area contributed by atoms with Gasteiger partial charge in [0, 0.05) is 30.4 Å². The lowest BCUT2D eigenvalue weighted by molar-refractivity contribution is 1.17. The molecule has 5 nitrogen and oxygen atoms in total. The number of hydrogen-bond acceptors (Lipinski definition) is 4. The van der Waals surface area contributed by atoms with E-state index in [4.69, 9.17) is 5.73 Å². The number of nitrogens with zero attached hydrogens (tertiary/aromatic N) is 4. The van der Waals surface area contributed by atoms with Crippen molar-refractivity contribution in [3.63, 3.8) is 0 Å². The van der Waals surface area contributed by atoms with Crippen LogP contribution in [0.1, 0.15) is 5.56 Å². The predicted molar refractivity (Wildman–Crippen MR) is 62.4 cm³/mol. The van der Waals surface area contributed by atoms with E-state index in [1.165, 1.54) is 12.4 Å². The first-order valence-corrected chi connectivity index (χ1v) is 4.71. The molecule has 0 atom stereocenters. The summed E-state index contributed by atoms with van der Waals surface area (Å²) in [7, 11) is 0. The Morgan fingerprint density at radius 2 is 2.38 bits per heavy atom. The van der Waals surface area contributed by atoms with Gasteiger partial charge in [0.1, 0.15) is 5.65 Å². The highest BCUT2D eigenvalue weighted by Gasteiger charge is 1.99. The second-order valence-corrected chi connectivity index (χ2v) is 3.11. The maximum Gasteiger partial charge on any atom is 0.137 e. The smallest absolute Gasteiger partial charge is 0.137 e. The predicted octanol–water partition coefficient (Wildman–Crippen LogP) is 2.19. The molecular formula is C11H11N5. The lowest BCUT2D eigenvalue weighted by atomic mass is 10.2. The molecule has 0 aromatic carbocycles. The van der Waals surface area contributed by atoms with Gasteiger partial charge in [0.15, 0.2) is 0 Å². The zero-order valence-corrected chi connectivity index (χ0v) is 8.61. The fourth-order valence-electron chi connectivity index (χ4n) is 1.29. The number of azo groups is 1. The highest BCUT2D eigenvalue weighted by atomic mass is 15.1. The van der Waals surface area contributed by atoms with E-state index in [0.717, 1.165) is 11.2 Å². The number of fused-ring (bicyclic) bond motifs is 1. The van der Waals surface area contributed by atoms with Crippen LogP contribution in [0, 0.1) is 0 Å². The summed E-state index contributed by atoms with van der Waals surface area (Å²) in [6.07, 6.45) is 8.23. The second-order valence-electron chi connectivity index (χ2n) is 3.11. The van der Waals surface area contributed by atoms with Gasteiger partial charge in [0.25, 0.3) is 0 Å². The molecule has 80 valence electrons. The molecule has 0 saturated carbocycles. The van der Waals surface area contributed by atoms with E-state index in [9.17, 15) is 0 Å². The molecule has 0 aliphatic heterocycles. The number of aromatic nitrogens is 2. The van der Waals surface area contributed by atoms with Gasteiger partial charge in [-0.25, -0.2) is 4.98 Å². The number of rotatable bonds is 3. The van der Waals surface area contributed by atoms with E-state index >= 15 is 0 Å². The minimum Gasteiger partial charge on any atom is -0.403 e. The summed E-state index contributed by atoms with van der Waals surface area (Å²) < 4.78 is 1.91. The maximum atomic E-state index is 5.14. The normalized spacial score (nSPS) is 11.8. The molecule has 0 bridgehead atoms. The number of pyridine rings is 1. The van der Waals surface area contributed by atoms with Crippen molar-refractivity contribution >= 4 is 11.3 Å². The largest absolute Gasteiger partial charge is 0.403 e. The molecule has 0 radical (unpaired) electrons. The molecule has 5 heteroatoms. The Balaban J connectivity index is 2.29. The van der Waals surface area contributed by atoms with Crippen LogP contribution >= 0.6 is 0 Å². The van der Waals surface area contributed by atoms with Crippen LogP contribution in [-0.4, -0.2) is 9.38 Å². The molecule has 0 aliphatic rings. The Hall–Kier alpha value is -2.43. The van der Waals surface area contributed by atoms with Gasteiger partial charge >= 0.3 is 0 Å². The highest BCUT2D eigenvalue weighted by Crippen LogP contribution is 2.15. The fraction of sp³-hybridized carbons (Fsp3) is 0. The fourth-order valence-corrected chi connectivity index (χ4v) is 1.29. The van der Waals surface area contributed by atoms with Crippen molar-refractivity contribution in [2.45, 2.75) is 0 Å². The standard InChI is InChI=1S/C11H11N5/c1-9(15-14-4-3-12)10-2-6-16-7-5-13-11(16)8-10/h2-8H,1,12H2/b4-3-,15-14-. The minimum atomic E-state index is 0.573. The minimum absolute atomic E-state index is 0.573. The first kappa shape index (κ1) is 10.1. The average molecular weight is 213 g/mol. The maximum absolute atomic E-state index is 5.14. The van der Waals surface area contributed by atoms with Crippen molar-refractivity contribution in [3.05, 3.63) is 55.3 Å². The Morgan fingerprint density at radius 3 is 3.19 bits per heavy atom. The lowest BCUT2D eigenvalue weighted by Gasteiger charge is -1.99. The Morgan fingerprint density at radius 1 is 1.50 bits per heavy atom. The molecule has 0 unspecified atom stereocenters. The molecule has 0 saturated heterocycles. The summed E-state index contributed by atoms with van der Waals surface area (Å²) in [4.78, 5) is 4.17. The summed E-state index contributed by atoms with van der Waals surface area (Å²) in [6.45, 7) is 3.82. The van der Waals surface area contributed by atoms with E-state index in [-0.39, 0.29) is 0 Å². The second kappa shape index (κ2) is 4.39. The summed E-state index contributed by atoms with van der Waals surface area (Å²) in [6, 6.07) is 3.80. The van der Waals surface area contributed by atoms with Crippen molar-refractivity contribution in [3.8, 4) is 0 Å². The van der Waals surface area contributed by atoms with Gasteiger partial charge in [-0.3, -0.25) is 0 Å². The molecule has 2 rings (SSSR count). The molecule has 2 aromatic rings. The molecule has 2 aromatic heterocycles. The van der Waals surface area contributed by atoms with Gasteiger partial charge in [-0.1, -0.05) is 6.58 Å². The number of hydrogen-bond donors (Lipinski definition) is 1. The van der Waals surface area contributed by atoms with Gasteiger partial charge in [-0.15, -0.1) is 0 Å². The Bertz CT molecular complexity index is 565. The van der Waals surface area contributed by atoms with Crippen LogP contribution in [-0.2, 0) is 0 Å². The summed E-state index contributed by atoms with van der Waals surface area (Å²) in [5, 5.41) is 7.63. The third-order valence-electron chi connectivity index (χ3n) is 2.06. The molecule has 2 heterocycles. The van der Waals surface area contributed by atoms with Crippen molar-refractivity contribution in [1.82, 2.24) is 9.38 Å². The Labute approximate surface area is 92.6 Å². The molecule has 0 aliphatic carbocycles. The third kappa shape index (κ3) is 1.98. The molecule has 0 spiro atoms. The average Bonchev–Trinajstić information content (AvgIpc) is 2.76. The van der Waals surface area contributed by atoms with Crippen LogP contribution < -0.4 is 5.73 Å². The Kier molecular flexibility index (Phi) is 2.77. The quantitative estimate of drug-likeness (QED) is 0.794. The van der Waals surface area contributed by atoms with Gasteiger partial charge in [-0.05, 0) is 12.1 Å². The monoisotopic (exact) mass is 213 g/mol. The van der Waals surface area contributed by atoms with Crippen LogP contribution in [0.5, 0.6) is 0 Å². The molecule has 0 amide bonds. The highest BCUT2D eigenvalue weighted by molar-refractivity contribution is 5.65. The molecule has 0 fully saturated rings. The van der Waals surface area contributed by atoms with Gasteiger partial charge in [0.05, 0.1) is 11.9 Å². The van der Waals surface area contributed by atoms with Crippen LogP contribution in [0.3, 0.4) is 0 Å².